The van der Waals surface area contributed by atoms with Crippen molar-refractivity contribution < 1.29 is 14.3 Å². The van der Waals surface area contributed by atoms with Crippen LogP contribution in [-0.4, -0.2) is 25.3 Å². The fraction of sp³-hybridized carbons (Fsp3) is 0.571. The Hall–Kier alpha value is -1.31. The number of esters is 1. The van der Waals surface area contributed by atoms with Crippen molar-refractivity contribution in [3.63, 3.8) is 0 Å². The molecule has 0 aromatic carbocycles. The SMILES string of the molecule is COC(=O)CCC[C@@H]1CC[C@@H](C#C/C=C/CCCC/C=C\C=C/Br)O1. The van der Waals surface area contributed by atoms with Crippen molar-refractivity contribution in [2.75, 3.05) is 7.11 Å². The number of methoxy groups -OCH3 is 1. The molecule has 0 aromatic heterocycles. The molecule has 3 nitrogen and oxygen atoms in total. The molecule has 2 atom stereocenters. The summed E-state index contributed by atoms with van der Waals surface area (Å²) in [7, 11) is 1.42. The molecule has 0 N–H and O–H groups in total. The standard InChI is InChI=1S/C21H29BrO3/c1-24-21(23)15-12-14-20-17-16-19(25-20)13-10-8-6-4-2-3-5-7-9-11-18-22/h6-9,11,18-20H,2-5,12,14-17H2,1H3/b8-6+,9-7-,18-11-/t19-,20-/m1/s1. The molecule has 1 fully saturated rings. The van der Waals surface area contributed by atoms with Gasteiger partial charge in [-0.3, -0.25) is 4.79 Å². The van der Waals surface area contributed by atoms with Crippen LogP contribution in [0.25, 0.3) is 0 Å². The number of carbonyl (C=O) groups is 1. The zero-order valence-corrected chi connectivity index (χ0v) is 16.7. The summed E-state index contributed by atoms with van der Waals surface area (Å²) in [5.74, 6) is 6.12. The lowest BCUT2D eigenvalue weighted by atomic mass is 10.1. The number of allylic oxidation sites excluding steroid dienone is 5. The number of hydrogen-bond acceptors (Lipinski definition) is 3. The maximum Gasteiger partial charge on any atom is 0.305 e. The second-order valence-corrected chi connectivity index (χ2v) is 6.54. The van der Waals surface area contributed by atoms with Gasteiger partial charge in [-0.1, -0.05) is 52.1 Å². The van der Waals surface area contributed by atoms with Crippen molar-refractivity contribution in [2.24, 2.45) is 0 Å². The van der Waals surface area contributed by atoms with Crippen LogP contribution in [0.4, 0.5) is 0 Å². The Labute approximate surface area is 160 Å². The smallest absolute Gasteiger partial charge is 0.305 e. The van der Waals surface area contributed by atoms with Gasteiger partial charge in [-0.05, 0) is 62.4 Å². The molecule has 0 aromatic rings. The average Bonchev–Trinajstić information content (AvgIpc) is 3.07. The summed E-state index contributed by atoms with van der Waals surface area (Å²) in [6.07, 6.45) is 19.3. The third kappa shape index (κ3) is 11.8. The Morgan fingerprint density at radius 1 is 1.20 bits per heavy atom. The molecule has 1 aliphatic rings. The molecule has 0 amide bonds. The largest absolute Gasteiger partial charge is 0.469 e. The maximum absolute atomic E-state index is 11.1. The second kappa shape index (κ2) is 15.0. The minimum Gasteiger partial charge on any atom is -0.469 e. The summed E-state index contributed by atoms with van der Waals surface area (Å²) < 4.78 is 10.5. The zero-order valence-electron chi connectivity index (χ0n) is 15.1. The molecule has 1 heterocycles. The summed E-state index contributed by atoms with van der Waals surface area (Å²) in [6.45, 7) is 0. The van der Waals surface area contributed by atoms with Crippen LogP contribution in [0.2, 0.25) is 0 Å². The van der Waals surface area contributed by atoms with E-state index in [1.807, 2.05) is 17.1 Å². The van der Waals surface area contributed by atoms with Crippen LogP contribution in [0, 0.1) is 11.8 Å². The van der Waals surface area contributed by atoms with E-state index in [2.05, 4.69) is 50.7 Å². The van der Waals surface area contributed by atoms with Crippen LogP contribution < -0.4 is 0 Å². The highest BCUT2D eigenvalue weighted by Crippen LogP contribution is 2.23. The molecule has 0 bridgehead atoms. The fourth-order valence-corrected chi connectivity index (χ4v) is 2.80. The van der Waals surface area contributed by atoms with Crippen molar-refractivity contribution in [3.05, 3.63) is 35.4 Å². The Kier molecular flexibility index (Phi) is 13.0. The summed E-state index contributed by atoms with van der Waals surface area (Å²) in [5.41, 5.74) is 0. The molecular weight excluding hydrogens is 380 g/mol. The minimum atomic E-state index is -0.147. The topological polar surface area (TPSA) is 35.5 Å². The van der Waals surface area contributed by atoms with Gasteiger partial charge < -0.3 is 9.47 Å². The lowest BCUT2D eigenvalue weighted by Gasteiger charge is -2.09. The number of carbonyl (C=O) groups excluding carboxylic acids is 1. The molecule has 1 rings (SSSR count). The third-order valence-electron chi connectivity index (χ3n) is 4.00. The quantitative estimate of drug-likeness (QED) is 0.208. The first-order chi connectivity index (χ1) is 12.3. The van der Waals surface area contributed by atoms with Gasteiger partial charge >= 0.3 is 5.97 Å². The van der Waals surface area contributed by atoms with E-state index in [4.69, 9.17) is 4.74 Å². The number of halogens is 1. The molecule has 0 aliphatic carbocycles. The number of unbranched alkanes of at least 4 members (excludes halogenated alkanes) is 3. The monoisotopic (exact) mass is 408 g/mol. The molecule has 1 saturated heterocycles. The van der Waals surface area contributed by atoms with Crippen molar-refractivity contribution >= 4 is 21.9 Å². The van der Waals surface area contributed by atoms with E-state index in [1.165, 1.54) is 20.0 Å². The van der Waals surface area contributed by atoms with E-state index in [-0.39, 0.29) is 18.2 Å². The predicted octanol–water partition coefficient (Wildman–Crippen LogP) is 5.46. The first-order valence-electron chi connectivity index (χ1n) is 9.06. The van der Waals surface area contributed by atoms with Gasteiger partial charge in [0.1, 0.15) is 6.10 Å². The molecule has 138 valence electrons. The lowest BCUT2D eigenvalue weighted by molar-refractivity contribution is -0.140. The highest BCUT2D eigenvalue weighted by Gasteiger charge is 2.23. The first-order valence-corrected chi connectivity index (χ1v) is 9.98. The van der Waals surface area contributed by atoms with Crippen molar-refractivity contribution in [1.29, 1.82) is 0 Å². The van der Waals surface area contributed by atoms with Crippen LogP contribution in [0.5, 0.6) is 0 Å². The third-order valence-corrected chi connectivity index (χ3v) is 4.30. The summed E-state index contributed by atoms with van der Waals surface area (Å²) in [6, 6.07) is 0. The van der Waals surface area contributed by atoms with Crippen LogP contribution in [0.1, 0.15) is 57.8 Å². The van der Waals surface area contributed by atoms with E-state index in [1.54, 1.807) is 0 Å². The molecule has 0 saturated carbocycles. The van der Waals surface area contributed by atoms with Gasteiger partial charge in [0.25, 0.3) is 0 Å². The Bertz CT molecular complexity index is 511. The van der Waals surface area contributed by atoms with Gasteiger partial charge in [0, 0.05) is 6.42 Å². The van der Waals surface area contributed by atoms with E-state index < -0.39 is 0 Å². The lowest BCUT2D eigenvalue weighted by Crippen LogP contribution is -2.10. The van der Waals surface area contributed by atoms with Gasteiger partial charge in [0.05, 0.1) is 13.2 Å². The van der Waals surface area contributed by atoms with Gasteiger partial charge in [-0.25, -0.2) is 0 Å². The van der Waals surface area contributed by atoms with Gasteiger partial charge in [0.2, 0.25) is 0 Å². The molecule has 0 radical (unpaired) electrons. The van der Waals surface area contributed by atoms with Crippen LogP contribution in [0.15, 0.2) is 35.4 Å². The average molecular weight is 409 g/mol. The number of rotatable bonds is 10. The van der Waals surface area contributed by atoms with E-state index in [0.717, 1.165) is 38.5 Å². The molecule has 4 heteroatoms. The molecular formula is C21H29BrO3. The normalized spacial score (nSPS) is 20.4. The van der Waals surface area contributed by atoms with Gasteiger partial charge in [-0.15, -0.1) is 0 Å². The van der Waals surface area contributed by atoms with Crippen LogP contribution >= 0.6 is 15.9 Å². The summed E-state index contributed by atoms with van der Waals surface area (Å²) in [4.78, 5) is 12.9. The second-order valence-electron chi connectivity index (χ2n) is 6.01. The van der Waals surface area contributed by atoms with E-state index >= 15 is 0 Å². The summed E-state index contributed by atoms with van der Waals surface area (Å²) >= 11 is 3.23. The predicted molar refractivity (Wildman–Crippen MR) is 106 cm³/mol. The van der Waals surface area contributed by atoms with E-state index in [9.17, 15) is 4.79 Å². The van der Waals surface area contributed by atoms with Crippen molar-refractivity contribution in [1.82, 2.24) is 0 Å². The zero-order chi connectivity index (χ0) is 18.2. The Balaban J connectivity index is 2.06. The summed E-state index contributed by atoms with van der Waals surface area (Å²) in [5, 5.41) is 0. The molecule has 25 heavy (non-hydrogen) atoms. The minimum absolute atomic E-state index is 0.0420. The van der Waals surface area contributed by atoms with Crippen LogP contribution in [0.3, 0.4) is 0 Å². The maximum atomic E-state index is 11.1. The van der Waals surface area contributed by atoms with E-state index in [0.29, 0.717) is 6.42 Å². The highest BCUT2D eigenvalue weighted by molar-refractivity contribution is 9.11. The highest BCUT2D eigenvalue weighted by atomic mass is 79.9. The van der Waals surface area contributed by atoms with Gasteiger partial charge in [-0.2, -0.15) is 0 Å². The Morgan fingerprint density at radius 3 is 2.76 bits per heavy atom. The number of hydrogen-bond donors (Lipinski definition) is 0. The van der Waals surface area contributed by atoms with Gasteiger partial charge in [0.15, 0.2) is 0 Å². The van der Waals surface area contributed by atoms with Crippen LogP contribution in [-0.2, 0) is 14.3 Å². The molecule has 0 spiro atoms. The fourth-order valence-electron chi connectivity index (χ4n) is 2.62. The Morgan fingerprint density at radius 2 is 2.00 bits per heavy atom. The molecule has 1 aliphatic heterocycles. The first kappa shape index (κ1) is 21.7. The van der Waals surface area contributed by atoms with Crippen molar-refractivity contribution in [2.45, 2.75) is 70.0 Å². The number of ether oxygens (including phenoxy) is 2. The van der Waals surface area contributed by atoms with Crippen molar-refractivity contribution in [3.8, 4) is 11.8 Å². The molecule has 0 unspecified atom stereocenters.